The molecule has 1 aromatic rings. The number of allylic oxidation sites excluding steroid dienone is 2. The van der Waals surface area contributed by atoms with Gasteiger partial charge in [0.05, 0.1) is 0 Å². The number of nitriles is 1. The number of hydrogen-bond donors (Lipinski definition) is 0. The number of benzene rings is 1. The first-order chi connectivity index (χ1) is 8.45. The number of rotatable bonds is 4. The van der Waals surface area contributed by atoms with Gasteiger partial charge in [0.2, 0.25) is 0 Å². The molecule has 1 atom stereocenters. The van der Waals surface area contributed by atoms with Crippen LogP contribution in [0.3, 0.4) is 0 Å². The van der Waals surface area contributed by atoms with E-state index >= 15 is 0 Å². The zero-order valence-corrected chi connectivity index (χ0v) is 10.7. The Balaban J connectivity index is 3.02. The van der Waals surface area contributed by atoms with Crippen molar-refractivity contribution in [2.24, 2.45) is 4.99 Å². The van der Waals surface area contributed by atoms with Gasteiger partial charge in [-0.25, -0.2) is 4.99 Å². The fourth-order valence-corrected chi connectivity index (χ4v) is 1.81. The molecular weight excluding hydrogens is 248 g/mol. The van der Waals surface area contributed by atoms with Gasteiger partial charge in [0.15, 0.2) is 0 Å². The van der Waals surface area contributed by atoms with Crippen LogP contribution in [0.2, 0.25) is 0 Å². The predicted octanol–water partition coefficient (Wildman–Crippen LogP) is 2.35. The molecule has 0 bridgehead atoms. The first-order valence-electron chi connectivity index (χ1n) is 4.98. The highest BCUT2D eigenvalue weighted by molar-refractivity contribution is 7.79. The van der Waals surface area contributed by atoms with Crippen molar-refractivity contribution in [2.45, 2.75) is 11.8 Å². The van der Waals surface area contributed by atoms with Crippen LogP contribution in [0.1, 0.15) is 11.1 Å². The number of nitrogens with zero attached hydrogens (tertiary/aromatic N) is 2. The minimum absolute atomic E-state index is 0.0890. The molecule has 0 heterocycles. The topological polar surface area (TPSA) is 76.3 Å². The molecule has 18 heavy (non-hydrogen) atoms. The SMILES string of the molecule is C=C(C#N)N=CC(=C)c1ccc(S(=O)[O-])cc1C. The Morgan fingerprint density at radius 1 is 1.56 bits per heavy atom. The highest BCUT2D eigenvalue weighted by atomic mass is 32.2. The molecule has 0 amide bonds. The van der Waals surface area contributed by atoms with Crippen molar-refractivity contribution in [3.05, 3.63) is 48.2 Å². The maximum Gasteiger partial charge on any atom is 0.133 e. The summed E-state index contributed by atoms with van der Waals surface area (Å²) in [5.74, 6) is 0. The van der Waals surface area contributed by atoms with E-state index in [4.69, 9.17) is 5.26 Å². The largest absolute Gasteiger partial charge is 0.768 e. The van der Waals surface area contributed by atoms with Crippen molar-refractivity contribution in [3.63, 3.8) is 0 Å². The second kappa shape index (κ2) is 6.05. The summed E-state index contributed by atoms with van der Waals surface area (Å²) in [5.41, 5.74) is 2.23. The zero-order chi connectivity index (χ0) is 13.7. The Hall–Kier alpha value is -2.03. The van der Waals surface area contributed by atoms with Gasteiger partial charge in [-0.1, -0.05) is 19.2 Å². The lowest BCUT2D eigenvalue weighted by molar-refractivity contribution is 0.537. The van der Waals surface area contributed by atoms with Crippen molar-refractivity contribution in [1.82, 2.24) is 0 Å². The quantitative estimate of drug-likeness (QED) is 0.473. The summed E-state index contributed by atoms with van der Waals surface area (Å²) in [6.45, 7) is 9.01. The minimum atomic E-state index is -2.24. The lowest BCUT2D eigenvalue weighted by Crippen LogP contribution is -1.94. The van der Waals surface area contributed by atoms with Gasteiger partial charge in [0.25, 0.3) is 0 Å². The minimum Gasteiger partial charge on any atom is -0.768 e. The summed E-state index contributed by atoms with van der Waals surface area (Å²) in [6.07, 6.45) is 1.43. The van der Waals surface area contributed by atoms with Crippen molar-refractivity contribution >= 4 is 22.9 Å². The van der Waals surface area contributed by atoms with Crippen LogP contribution in [0, 0.1) is 18.3 Å². The van der Waals surface area contributed by atoms with Crippen LogP contribution in [0.4, 0.5) is 0 Å². The highest BCUT2D eigenvalue weighted by Crippen LogP contribution is 2.19. The average Bonchev–Trinajstić information content (AvgIpc) is 2.35. The third-order valence-electron chi connectivity index (χ3n) is 2.24. The third kappa shape index (κ3) is 3.48. The van der Waals surface area contributed by atoms with E-state index in [0.29, 0.717) is 5.57 Å². The smallest absolute Gasteiger partial charge is 0.133 e. The molecule has 0 fully saturated rings. The van der Waals surface area contributed by atoms with Gasteiger partial charge in [-0.15, -0.1) is 0 Å². The van der Waals surface area contributed by atoms with E-state index < -0.39 is 11.1 Å². The molecular formula is C13H11N2O2S-. The van der Waals surface area contributed by atoms with Crippen LogP contribution in [0.25, 0.3) is 5.57 Å². The zero-order valence-electron chi connectivity index (χ0n) is 9.84. The predicted molar refractivity (Wildman–Crippen MR) is 70.6 cm³/mol. The average molecular weight is 259 g/mol. The van der Waals surface area contributed by atoms with Gasteiger partial charge in [-0.05, 0) is 46.8 Å². The molecule has 0 radical (unpaired) electrons. The van der Waals surface area contributed by atoms with Crippen LogP contribution >= 0.6 is 0 Å². The standard InChI is InChI=1S/C13H12N2O2S/c1-9-6-12(18(16)17)4-5-13(9)10(2)8-15-11(3)7-14/h4-6,8H,2-3H2,1H3,(H,16,17)/p-1. The van der Waals surface area contributed by atoms with Gasteiger partial charge in [-0.2, -0.15) is 5.26 Å². The molecule has 0 aliphatic carbocycles. The Kier molecular flexibility index (Phi) is 4.72. The van der Waals surface area contributed by atoms with Crippen LogP contribution in [-0.2, 0) is 11.1 Å². The Bertz CT molecular complexity index is 597. The fourth-order valence-electron chi connectivity index (χ4n) is 1.35. The van der Waals surface area contributed by atoms with E-state index in [0.717, 1.165) is 11.1 Å². The van der Waals surface area contributed by atoms with Crippen molar-refractivity contribution in [2.75, 3.05) is 0 Å². The van der Waals surface area contributed by atoms with E-state index in [1.54, 1.807) is 25.1 Å². The lowest BCUT2D eigenvalue weighted by atomic mass is 10.0. The summed E-state index contributed by atoms with van der Waals surface area (Å²) in [7, 11) is 0. The molecule has 92 valence electrons. The van der Waals surface area contributed by atoms with Crippen LogP contribution in [0.5, 0.6) is 0 Å². The Labute approximate surface area is 108 Å². The van der Waals surface area contributed by atoms with Gasteiger partial charge in [0, 0.05) is 11.1 Å². The van der Waals surface area contributed by atoms with E-state index in [1.807, 2.05) is 0 Å². The summed E-state index contributed by atoms with van der Waals surface area (Å²) in [6, 6.07) is 6.49. The fraction of sp³-hybridized carbons (Fsp3) is 0.0769. The van der Waals surface area contributed by atoms with Crippen molar-refractivity contribution in [1.29, 1.82) is 5.26 Å². The number of hydrogen-bond acceptors (Lipinski definition) is 4. The van der Waals surface area contributed by atoms with Gasteiger partial charge in [0.1, 0.15) is 11.8 Å². The maximum atomic E-state index is 10.8. The van der Waals surface area contributed by atoms with E-state index in [-0.39, 0.29) is 10.6 Å². The molecule has 1 rings (SSSR count). The van der Waals surface area contributed by atoms with Crippen LogP contribution in [-0.4, -0.2) is 15.0 Å². The number of aryl methyl sites for hydroxylation is 1. The molecule has 0 spiro atoms. The molecule has 1 aromatic carbocycles. The normalized spacial score (nSPS) is 12.1. The van der Waals surface area contributed by atoms with E-state index in [1.165, 1.54) is 12.3 Å². The third-order valence-corrected chi connectivity index (χ3v) is 2.88. The second-order valence-electron chi connectivity index (χ2n) is 3.55. The van der Waals surface area contributed by atoms with E-state index in [9.17, 15) is 8.76 Å². The summed E-state index contributed by atoms with van der Waals surface area (Å²) < 4.78 is 21.6. The van der Waals surface area contributed by atoms with Gasteiger partial charge >= 0.3 is 0 Å². The second-order valence-corrected chi connectivity index (χ2v) is 4.49. The molecule has 0 aliphatic heterocycles. The van der Waals surface area contributed by atoms with Crippen molar-refractivity contribution < 1.29 is 8.76 Å². The Morgan fingerprint density at radius 2 is 2.22 bits per heavy atom. The first kappa shape index (κ1) is 14.0. The molecule has 0 N–H and O–H groups in total. The van der Waals surface area contributed by atoms with Gasteiger partial charge < -0.3 is 4.55 Å². The van der Waals surface area contributed by atoms with E-state index in [2.05, 4.69) is 18.2 Å². The van der Waals surface area contributed by atoms with Crippen LogP contribution in [0.15, 0.2) is 46.9 Å². The summed E-state index contributed by atoms with van der Waals surface area (Å²) >= 11 is -2.24. The number of aliphatic imine (C=N–C) groups is 1. The maximum absolute atomic E-state index is 10.8. The molecule has 5 heteroatoms. The molecule has 0 saturated heterocycles. The molecule has 0 saturated carbocycles. The van der Waals surface area contributed by atoms with Gasteiger partial charge in [-0.3, -0.25) is 4.21 Å². The molecule has 1 unspecified atom stereocenters. The highest BCUT2D eigenvalue weighted by Gasteiger charge is 2.03. The first-order valence-corrected chi connectivity index (χ1v) is 6.05. The monoisotopic (exact) mass is 259 g/mol. The lowest BCUT2D eigenvalue weighted by Gasteiger charge is -2.10. The molecule has 0 aliphatic rings. The summed E-state index contributed by atoms with van der Waals surface area (Å²) in [5, 5.41) is 8.51. The van der Waals surface area contributed by atoms with Crippen molar-refractivity contribution in [3.8, 4) is 6.07 Å². The van der Waals surface area contributed by atoms with Crippen LogP contribution < -0.4 is 0 Å². The summed E-state index contributed by atoms with van der Waals surface area (Å²) in [4.78, 5) is 4.04. The molecule has 0 aromatic heterocycles. The molecule has 4 nitrogen and oxygen atoms in total. The Morgan fingerprint density at radius 3 is 2.72 bits per heavy atom.